The van der Waals surface area contributed by atoms with Gasteiger partial charge in [0.15, 0.2) is 5.78 Å². The summed E-state index contributed by atoms with van der Waals surface area (Å²) in [4.78, 5) is 24.2. The van der Waals surface area contributed by atoms with Gasteiger partial charge in [0.25, 0.3) is 0 Å². The maximum absolute atomic E-state index is 12.7. The predicted molar refractivity (Wildman–Crippen MR) is 77.1 cm³/mol. The van der Waals surface area contributed by atoms with Gasteiger partial charge in [0, 0.05) is 17.2 Å². The molecule has 0 radical (unpaired) electrons. The van der Waals surface area contributed by atoms with Crippen LogP contribution in [0.2, 0.25) is 5.02 Å². The van der Waals surface area contributed by atoms with Crippen LogP contribution in [0.4, 0.5) is 5.69 Å². The Hall–Kier alpha value is -1.35. The van der Waals surface area contributed by atoms with Gasteiger partial charge < -0.3 is 5.32 Å². The Morgan fingerprint density at radius 1 is 1.25 bits per heavy atom. The molecule has 2 aliphatic carbocycles. The molecule has 4 rings (SSSR count). The van der Waals surface area contributed by atoms with Crippen LogP contribution >= 0.6 is 11.6 Å². The molecule has 1 amide bonds. The minimum absolute atomic E-state index is 0.0272. The van der Waals surface area contributed by atoms with Gasteiger partial charge in [0.2, 0.25) is 5.91 Å². The summed E-state index contributed by atoms with van der Waals surface area (Å²) in [6, 6.07) is 3.55. The normalized spacial score (nSPS) is 30.4. The van der Waals surface area contributed by atoms with E-state index >= 15 is 0 Å². The lowest BCUT2D eigenvalue weighted by atomic mass is 9.83. The number of fused-ring (bicyclic) bond motifs is 3. The molecule has 2 fully saturated rings. The predicted octanol–water partition coefficient (Wildman–Crippen LogP) is 3.45. The molecule has 1 N–H and O–H groups in total. The monoisotopic (exact) mass is 289 g/mol. The zero-order valence-corrected chi connectivity index (χ0v) is 11.9. The fourth-order valence-electron chi connectivity index (χ4n) is 4.20. The van der Waals surface area contributed by atoms with E-state index in [1.165, 1.54) is 19.3 Å². The van der Waals surface area contributed by atoms with Gasteiger partial charge in [-0.3, -0.25) is 9.59 Å². The van der Waals surface area contributed by atoms with Crippen molar-refractivity contribution in [3.05, 3.63) is 28.3 Å². The number of ketones is 1. The summed E-state index contributed by atoms with van der Waals surface area (Å²) in [5.74, 6) is 1.60. The van der Waals surface area contributed by atoms with Crippen LogP contribution in [0, 0.1) is 17.8 Å². The molecule has 0 aromatic heterocycles. The van der Waals surface area contributed by atoms with E-state index in [2.05, 4.69) is 5.32 Å². The number of carbonyl (C=O) groups excluding carboxylic acids is 2. The molecule has 3 unspecified atom stereocenters. The largest absolute Gasteiger partial charge is 0.325 e. The topological polar surface area (TPSA) is 46.2 Å². The van der Waals surface area contributed by atoms with Crippen LogP contribution in [-0.4, -0.2) is 11.7 Å². The van der Waals surface area contributed by atoms with Gasteiger partial charge in [-0.25, -0.2) is 0 Å². The Morgan fingerprint density at radius 2 is 2.10 bits per heavy atom. The molecule has 1 aliphatic heterocycles. The summed E-state index contributed by atoms with van der Waals surface area (Å²) < 4.78 is 0. The highest BCUT2D eigenvalue weighted by molar-refractivity contribution is 6.34. The molecular weight excluding hydrogens is 274 g/mol. The number of Topliss-reactive ketones (excluding diaryl/α,β-unsaturated/α-hetero) is 1. The highest BCUT2D eigenvalue weighted by atomic mass is 35.5. The first-order chi connectivity index (χ1) is 9.61. The molecule has 2 bridgehead atoms. The molecular formula is C16H16ClNO2. The summed E-state index contributed by atoms with van der Waals surface area (Å²) in [6.07, 6.45) is 5.05. The first kappa shape index (κ1) is 12.4. The smallest absolute Gasteiger partial charge is 0.228 e. The summed E-state index contributed by atoms with van der Waals surface area (Å²) in [5.41, 5.74) is 2.26. The Labute approximate surface area is 122 Å². The third-order valence-corrected chi connectivity index (χ3v) is 5.47. The average Bonchev–Trinajstić information content (AvgIpc) is 3.10. The van der Waals surface area contributed by atoms with E-state index in [0.717, 1.165) is 23.6 Å². The molecule has 3 atom stereocenters. The third kappa shape index (κ3) is 1.80. The summed E-state index contributed by atoms with van der Waals surface area (Å²) >= 11 is 6.26. The maximum Gasteiger partial charge on any atom is 0.228 e. The van der Waals surface area contributed by atoms with Crippen molar-refractivity contribution in [2.75, 3.05) is 5.32 Å². The molecule has 104 valence electrons. The Morgan fingerprint density at radius 3 is 2.80 bits per heavy atom. The number of hydrogen-bond donors (Lipinski definition) is 1. The minimum atomic E-state index is -0.0272. The second-order valence-corrected chi connectivity index (χ2v) is 6.77. The van der Waals surface area contributed by atoms with Crippen molar-refractivity contribution in [2.45, 2.75) is 32.1 Å². The molecule has 3 nitrogen and oxygen atoms in total. The summed E-state index contributed by atoms with van der Waals surface area (Å²) in [6.45, 7) is 0. The van der Waals surface area contributed by atoms with Crippen molar-refractivity contribution in [3.8, 4) is 0 Å². The molecule has 0 saturated heterocycles. The standard InChI is InChI=1S/C16H16ClNO2/c17-13-7-14-10(6-15(19)18-14)5-12(13)16(20)11-4-8-1-2-9(11)3-8/h5,7-9,11H,1-4,6H2,(H,18,19). The molecule has 3 aliphatic rings. The fourth-order valence-corrected chi connectivity index (χ4v) is 4.46. The summed E-state index contributed by atoms with van der Waals surface area (Å²) in [7, 11) is 0. The highest BCUT2D eigenvalue weighted by Crippen LogP contribution is 2.49. The second-order valence-electron chi connectivity index (χ2n) is 6.36. The van der Waals surface area contributed by atoms with Crippen molar-refractivity contribution in [1.29, 1.82) is 0 Å². The van der Waals surface area contributed by atoms with E-state index in [4.69, 9.17) is 11.6 Å². The zero-order chi connectivity index (χ0) is 13.9. The van der Waals surface area contributed by atoms with E-state index in [-0.39, 0.29) is 17.6 Å². The van der Waals surface area contributed by atoms with Gasteiger partial charge >= 0.3 is 0 Å². The number of halogens is 1. The van der Waals surface area contributed by atoms with Crippen LogP contribution in [0.25, 0.3) is 0 Å². The van der Waals surface area contributed by atoms with Gasteiger partial charge in [-0.05, 0) is 48.8 Å². The lowest BCUT2D eigenvalue weighted by molar-refractivity contribution is -0.115. The number of anilines is 1. The molecule has 2 saturated carbocycles. The Balaban J connectivity index is 1.67. The number of nitrogens with one attached hydrogen (secondary N) is 1. The zero-order valence-electron chi connectivity index (χ0n) is 11.1. The van der Waals surface area contributed by atoms with Crippen molar-refractivity contribution < 1.29 is 9.59 Å². The first-order valence-electron chi connectivity index (χ1n) is 7.28. The van der Waals surface area contributed by atoms with Gasteiger partial charge in [-0.2, -0.15) is 0 Å². The van der Waals surface area contributed by atoms with Crippen molar-refractivity contribution in [3.63, 3.8) is 0 Å². The van der Waals surface area contributed by atoms with Crippen molar-refractivity contribution in [1.82, 2.24) is 0 Å². The van der Waals surface area contributed by atoms with E-state index < -0.39 is 0 Å². The van der Waals surface area contributed by atoms with Crippen molar-refractivity contribution >= 4 is 29.0 Å². The van der Waals surface area contributed by atoms with Gasteiger partial charge in [-0.15, -0.1) is 0 Å². The average molecular weight is 290 g/mol. The number of benzene rings is 1. The number of hydrogen-bond acceptors (Lipinski definition) is 2. The number of amides is 1. The fraction of sp³-hybridized carbons (Fsp3) is 0.500. The summed E-state index contributed by atoms with van der Waals surface area (Å²) in [5, 5.41) is 3.24. The first-order valence-corrected chi connectivity index (χ1v) is 7.66. The van der Waals surface area contributed by atoms with Crippen LogP contribution in [0.3, 0.4) is 0 Å². The van der Waals surface area contributed by atoms with Gasteiger partial charge in [0.1, 0.15) is 0 Å². The number of carbonyl (C=O) groups is 2. The van der Waals surface area contributed by atoms with Crippen LogP contribution in [0.5, 0.6) is 0 Å². The molecule has 1 aromatic rings. The van der Waals surface area contributed by atoms with Crippen molar-refractivity contribution in [2.24, 2.45) is 17.8 Å². The lowest BCUT2D eigenvalue weighted by Gasteiger charge is -2.21. The van der Waals surface area contributed by atoms with E-state index in [0.29, 0.717) is 22.9 Å². The molecule has 1 heterocycles. The van der Waals surface area contributed by atoms with E-state index in [1.54, 1.807) is 6.07 Å². The van der Waals surface area contributed by atoms with Crippen LogP contribution in [-0.2, 0) is 11.2 Å². The van der Waals surface area contributed by atoms with Crippen LogP contribution in [0.1, 0.15) is 41.6 Å². The maximum atomic E-state index is 12.7. The molecule has 1 aromatic carbocycles. The number of rotatable bonds is 2. The van der Waals surface area contributed by atoms with E-state index in [9.17, 15) is 9.59 Å². The van der Waals surface area contributed by atoms with E-state index in [1.807, 2.05) is 6.07 Å². The molecule has 0 spiro atoms. The lowest BCUT2D eigenvalue weighted by Crippen LogP contribution is -2.21. The van der Waals surface area contributed by atoms with Crippen LogP contribution < -0.4 is 5.32 Å². The Kier molecular flexibility index (Phi) is 2.68. The SMILES string of the molecule is O=C1Cc2cc(C(=O)C3CC4CCC3C4)c(Cl)cc2N1. The van der Waals surface area contributed by atoms with Gasteiger partial charge in [0.05, 0.1) is 11.4 Å². The minimum Gasteiger partial charge on any atom is -0.325 e. The van der Waals surface area contributed by atoms with Crippen LogP contribution in [0.15, 0.2) is 12.1 Å². The van der Waals surface area contributed by atoms with Gasteiger partial charge in [-0.1, -0.05) is 18.0 Å². The molecule has 20 heavy (non-hydrogen) atoms. The highest BCUT2D eigenvalue weighted by Gasteiger charge is 2.43. The molecule has 4 heteroatoms. The third-order valence-electron chi connectivity index (χ3n) is 5.16. The Bertz CT molecular complexity index is 625. The second kappa shape index (κ2) is 4.32. The quantitative estimate of drug-likeness (QED) is 0.848.